The summed E-state index contributed by atoms with van der Waals surface area (Å²) in [5, 5.41) is 9.83. The number of hydrogen-bond donors (Lipinski definition) is 0. The van der Waals surface area contributed by atoms with Gasteiger partial charge in [-0.1, -0.05) is 60.7 Å². The van der Waals surface area contributed by atoms with Crippen LogP contribution in [0.4, 0.5) is 26.3 Å². The van der Waals surface area contributed by atoms with Gasteiger partial charge in [0, 0.05) is 23.5 Å². The lowest BCUT2D eigenvalue weighted by molar-refractivity contribution is -0.138. The van der Waals surface area contributed by atoms with Crippen molar-refractivity contribution in [1.29, 1.82) is 0 Å². The van der Waals surface area contributed by atoms with E-state index in [1.807, 2.05) is 74.5 Å². The van der Waals surface area contributed by atoms with Gasteiger partial charge in [-0.25, -0.2) is 9.36 Å². The Morgan fingerprint density at radius 2 is 0.800 bits per heavy atom. The molecule has 4 nitrogen and oxygen atoms in total. The second-order valence-electron chi connectivity index (χ2n) is 11.1. The number of halogens is 6. The van der Waals surface area contributed by atoms with Gasteiger partial charge in [0.15, 0.2) is 0 Å². The van der Waals surface area contributed by atoms with E-state index in [0.717, 1.165) is 46.5 Å². The van der Waals surface area contributed by atoms with Crippen molar-refractivity contribution < 1.29 is 26.3 Å². The van der Waals surface area contributed by atoms with Crippen LogP contribution in [0.5, 0.6) is 0 Å². The number of nitrogens with zero attached hydrogens (tertiary/aromatic N) is 4. The highest BCUT2D eigenvalue weighted by Gasteiger charge is 2.36. The third kappa shape index (κ3) is 5.87. The second kappa shape index (κ2) is 11.1. The largest absolute Gasteiger partial charge is 0.416 e. The number of alkyl halides is 6. The molecule has 228 valence electrons. The minimum absolute atomic E-state index is 0.445. The van der Waals surface area contributed by atoms with E-state index < -0.39 is 28.9 Å². The first-order valence-corrected chi connectivity index (χ1v) is 14.0. The van der Waals surface area contributed by atoms with Crippen LogP contribution in [0.15, 0.2) is 122 Å². The molecule has 0 amide bonds. The summed E-state index contributed by atoms with van der Waals surface area (Å²) in [6, 6.07) is 28.6. The maximum absolute atomic E-state index is 13.2. The molecule has 0 bridgehead atoms. The van der Waals surface area contributed by atoms with E-state index in [-0.39, 0.29) is 0 Å². The lowest BCUT2D eigenvalue weighted by atomic mass is 9.80. The maximum atomic E-state index is 13.2. The molecule has 0 saturated carbocycles. The highest BCUT2D eigenvalue weighted by atomic mass is 19.4. The molecule has 2 heterocycles. The molecule has 0 radical (unpaired) electrons. The van der Waals surface area contributed by atoms with E-state index in [1.165, 1.54) is 24.3 Å². The molecule has 4 aromatic carbocycles. The minimum atomic E-state index is -4.47. The van der Waals surface area contributed by atoms with Crippen molar-refractivity contribution in [3.05, 3.63) is 144 Å². The Morgan fingerprint density at radius 1 is 0.467 bits per heavy atom. The van der Waals surface area contributed by atoms with Gasteiger partial charge in [0.25, 0.3) is 0 Å². The van der Waals surface area contributed by atoms with Gasteiger partial charge in [0.1, 0.15) is 0 Å². The topological polar surface area (TPSA) is 35.6 Å². The van der Waals surface area contributed by atoms with Crippen LogP contribution in [0.3, 0.4) is 0 Å². The van der Waals surface area contributed by atoms with Gasteiger partial charge in [0.05, 0.1) is 39.3 Å². The molecule has 0 N–H and O–H groups in total. The quantitative estimate of drug-likeness (QED) is 0.175. The zero-order valence-corrected chi connectivity index (χ0v) is 24.1. The molecule has 6 rings (SSSR count). The van der Waals surface area contributed by atoms with Crippen molar-refractivity contribution in [1.82, 2.24) is 19.6 Å². The Labute approximate surface area is 255 Å². The molecule has 0 saturated heterocycles. The van der Waals surface area contributed by atoms with E-state index in [9.17, 15) is 26.3 Å². The molecule has 0 atom stereocenters. The lowest BCUT2D eigenvalue weighted by Gasteiger charge is -2.24. The number of benzene rings is 4. The monoisotopic (exact) mass is 616 g/mol. The van der Waals surface area contributed by atoms with E-state index >= 15 is 0 Å². The Kier molecular flexibility index (Phi) is 7.39. The van der Waals surface area contributed by atoms with Gasteiger partial charge >= 0.3 is 12.4 Å². The molecule has 0 spiro atoms. The normalized spacial score (nSPS) is 12.4. The highest BCUT2D eigenvalue weighted by Crippen LogP contribution is 2.42. The smallest absolute Gasteiger partial charge is 0.240 e. The second-order valence-corrected chi connectivity index (χ2v) is 11.1. The highest BCUT2D eigenvalue weighted by molar-refractivity contribution is 5.72. The third-order valence-electron chi connectivity index (χ3n) is 7.70. The fraction of sp³-hybridized carbons (Fsp3) is 0.143. The minimum Gasteiger partial charge on any atom is -0.240 e. The first kappa shape index (κ1) is 29.9. The Morgan fingerprint density at radius 3 is 1.11 bits per heavy atom. The van der Waals surface area contributed by atoms with E-state index in [4.69, 9.17) is 10.2 Å². The number of hydrogen-bond acceptors (Lipinski definition) is 2. The van der Waals surface area contributed by atoms with Crippen LogP contribution in [0.2, 0.25) is 0 Å². The fourth-order valence-corrected chi connectivity index (χ4v) is 5.31. The van der Waals surface area contributed by atoms with Crippen molar-refractivity contribution in [2.45, 2.75) is 31.6 Å². The van der Waals surface area contributed by atoms with Crippen molar-refractivity contribution in [3.8, 4) is 33.6 Å². The predicted molar refractivity (Wildman–Crippen MR) is 160 cm³/mol. The average molecular weight is 617 g/mol. The third-order valence-corrected chi connectivity index (χ3v) is 7.70. The predicted octanol–water partition coefficient (Wildman–Crippen LogP) is 9.76. The van der Waals surface area contributed by atoms with Crippen LogP contribution in [-0.4, -0.2) is 19.6 Å². The van der Waals surface area contributed by atoms with E-state index in [2.05, 4.69) is 0 Å². The first-order chi connectivity index (χ1) is 21.3. The van der Waals surface area contributed by atoms with Crippen LogP contribution in [-0.2, 0) is 17.8 Å². The fourth-order valence-electron chi connectivity index (χ4n) is 5.31. The zero-order valence-electron chi connectivity index (χ0n) is 24.1. The van der Waals surface area contributed by atoms with Gasteiger partial charge in [-0.15, -0.1) is 0 Å². The van der Waals surface area contributed by atoms with Gasteiger partial charge in [-0.3, -0.25) is 0 Å². The molecule has 0 unspecified atom stereocenters. The van der Waals surface area contributed by atoms with Crippen molar-refractivity contribution in [2.75, 3.05) is 0 Å². The van der Waals surface area contributed by atoms with Crippen LogP contribution < -0.4 is 0 Å². The van der Waals surface area contributed by atoms with Crippen LogP contribution in [0.1, 0.15) is 36.4 Å². The van der Waals surface area contributed by atoms with Crippen molar-refractivity contribution >= 4 is 0 Å². The average Bonchev–Trinajstić information content (AvgIpc) is 3.68. The Balaban J connectivity index is 1.51. The molecule has 0 aliphatic rings. The summed E-state index contributed by atoms with van der Waals surface area (Å²) in [5.41, 5.74) is 2.92. The Bertz CT molecular complexity index is 1780. The van der Waals surface area contributed by atoms with Gasteiger partial charge in [-0.05, 0) is 73.5 Å². The molecule has 10 heteroatoms. The van der Waals surface area contributed by atoms with E-state index in [0.29, 0.717) is 22.8 Å². The first-order valence-electron chi connectivity index (χ1n) is 14.0. The summed E-state index contributed by atoms with van der Waals surface area (Å²) in [7, 11) is 0. The summed E-state index contributed by atoms with van der Waals surface area (Å²) in [5.74, 6) is 0. The summed E-state index contributed by atoms with van der Waals surface area (Å²) >= 11 is 0. The van der Waals surface area contributed by atoms with Crippen LogP contribution in [0, 0.1) is 0 Å². The van der Waals surface area contributed by atoms with Crippen LogP contribution in [0.25, 0.3) is 33.6 Å². The summed E-state index contributed by atoms with van der Waals surface area (Å²) < 4.78 is 82.6. The number of rotatable bonds is 6. The van der Waals surface area contributed by atoms with Gasteiger partial charge in [-0.2, -0.15) is 36.5 Å². The standard InChI is InChI=1S/C35H26F6N4/c1-33(2,31-29(23-9-5-3-6-10-23)21-44(42-31)27-17-13-25(14-18-27)34(36,37)38)32-30(24-11-7-4-8-12-24)22-45(43-32)28-19-15-26(16-20-28)35(39,40)41/h3-22H,1-2H3. The molecule has 0 fully saturated rings. The summed E-state index contributed by atoms with van der Waals surface area (Å²) in [4.78, 5) is 0. The molecular weight excluding hydrogens is 590 g/mol. The van der Waals surface area contributed by atoms with Crippen LogP contribution >= 0.6 is 0 Å². The van der Waals surface area contributed by atoms with Crippen molar-refractivity contribution in [2.24, 2.45) is 0 Å². The molecule has 6 aromatic rings. The molecule has 2 aromatic heterocycles. The van der Waals surface area contributed by atoms with Gasteiger partial charge < -0.3 is 0 Å². The van der Waals surface area contributed by atoms with Gasteiger partial charge in [0.2, 0.25) is 0 Å². The SMILES string of the molecule is CC(C)(c1nn(-c2ccc(C(F)(F)F)cc2)cc1-c1ccccc1)c1nn(-c2ccc(C(F)(F)F)cc2)cc1-c1ccccc1. The molecule has 0 aliphatic carbocycles. The maximum Gasteiger partial charge on any atom is 0.416 e. The van der Waals surface area contributed by atoms with Crippen molar-refractivity contribution in [3.63, 3.8) is 0 Å². The molecule has 0 aliphatic heterocycles. The number of aromatic nitrogens is 4. The Hall–Kier alpha value is -5.12. The zero-order chi connectivity index (χ0) is 32.0. The van der Waals surface area contributed by atoms with E-state index in [1.54, 1.807) is 21.8 Å². The molecular formula is C35H26F6N4. The lowest BCUT2D eigenvalue weighted by Crippen LogP contribution is -2.23. The summed E-state index contributed by atoms with van der Waals surface area (Å²) in [6.45, 7) is 3.90. The molecule has 45 heavy (non-hydrogen) atoms. The summed E-state index contributed by atoms with van der Waals surface area (Å²) in [6.07, 6.45) is -5.37.